The van der Waals surface area contributed by atoms with E-state index in [-0.39, 0.29) is 31.0 Å². The molecule has 5 aromatic rings. The number of anilines is 2. The first-order chi connectivity index (χ1) is 24.3. The summed E-state index contributed by atoms with van der Waals surface area (Å²) in [6.45, 7) is 8.66. The van der Waals surface area contributed by atoms with Crippen molar-refractivity contribution in [1.82, 2.24) is 29.1 Å². The van der Waals surface area contributed by atoms with E-state index in [1.807, 2.05) is 36.4 Å². The molecule has 262 valence electrons. The Hall–Kier alpha value is -5.08. The number of nitrogens with zero attached hydrogens (tertiary/aromatic N) is 8. The second kappa shape index (κ2) is 14.4. The molecule has 12 nitrogen and oxygen atoms in total. The lowest BCUT2D eigenvalue weighted by molar-refractivity contribution is -0.192. The molecule has 0 N–H and O–H groups in total. The summed E-state index contributed by atoms with van der Waals surface area (Å²) in [4.78, 5) is 21.4. The monoisotopic (exact) mass is 686 g/mol. The molecule has 0 saturated carbocycles. The van der Waals surface area contributed by atoms with Crippen LogP contribution in [-0.4, -0.2) is 74.6 Å². The van der Waals surface area contributed by atoms with Crippen LogP contribution in [-0.2, 0) is 28.4 Å². The van der Waals surface area contributed by atoms with Crippen LogP contribution in [0.15, 0.2) is 90.5 Å². The number of aryl methyl sites for hydroxylation is 1. The number of benzene rings is 3. The van der Waals surface area contributed by atoms with Gasteiger partial charge in [0.25, 0.3) is 0 Å². The molecule has 0 amide bonds. The molecule has 2 saturated heterocycles. The van der Waals surface area contributed by atoms with Gasteiger partial charge in [-0.2, -0.15) is 10.2 Å². The van der Waals surface area contributed by atoms with Crippen LogP contribution in [0.1, 0.15) is 25.8 Å². The number of rotatable bonds is 12. The van der Waals surface area contributed by atoms with Crippen LogP contribution in [0.4, 0.5) is 20.2 Å². The highest BCUT2D eigenvalue weighted by molar-refractivity contribution is 5.54. The van der Waals surface area contributed by atoms with Gasteiger partial charge in [-0.3, -0.25) is 0 Å². The molecule has 2 aliphatic rings. The van der Waals surface area contributed by atoms with Crippen LogP contribution in [0.3, 0.4) is 0 Å². The minimum absolute atomic E-state index is 0.0335. The van der Waals surface area contributed by atoms with E-state index in [1.54, 1.807) is 10.9 Å². The summed E-state index contributed by atoms with van der Waals surface area (Å²) in [6, 6.07) is 19.3. The van der Waals surface area contributed by atoms with Gasteiger partial charge in [0.2, 0.25) is 5.79 Å². The smallest absolute Gasteiger partial charge is 0.350 e. The van der Waals surface area contributed by atoms with E-state index in [1.165, 1.54) is 34.2 Å². The molecule has 0 aliphatic carbocycles. The maximum Gasteiger partial charge on any atom is 0.350 e. The summed E-state index contributed by atoms with van der Waals surface area (Å²) in [5, 5.41) is 8.39. The first kappa shape index (κ1) is 33.4. The Morgan fingerprint density at radius 2 is 1.58 bits per heavy atom. The molecule has 50 heavy (non-hydrogen) atoms. The second-order valence-corrected chi connectivity index (χ2v) is 13.0. The Morgan fingerprint density at radius 1 is 0.900 bits per heavy atom. The molecule has 14 heteroatoms. The standard InChI is InChI=1S/C36H40F2N8O4/c1-26(2)13-14-46-35(47)45(25-41-46)30-6-4-28(5-7-30)42-15-17-43(18-16-42)29-8-10-31(11-9-29)48-20-32-21-49-36(50-32,22-44-24-39-23-40-44)33-12-3-27(37)19-34(33)38/h3-12,19,23-26,32H,13-18,20-22H2,1-2H3. The van der Waals surface area contributed by atoms with E-state index in [0.717, 1.165) is 55.7 Å². The van der Waals surface area contributed by atoms with Gasteiger partial charge in [0.1, 0.15) is 55.6 Å². The van der Waals surface area contributed by atoms with E-state index < -0.39 is 23.5 Å². The van der Waals surface area contributed by atoms with Crippen molar-refractivity contribution in [3.05, 3.63) is 113 Å². The average Bonchev–Trinajstić information content (AvgIpc) is 3.88. The Labute approximate surface area is 288 Å². The molecule has 2 aliphatic heterocycles. The lowest BCUT2D eigenvalue weighted by Crippen LogP contribution is -2.46. The largest absolute Gasteiger partial charge is 0.491 e. The third kappa shape index (κ3) is 7.26. The molecule has 2 aromatic heterocycles. The van der Waals surface area contributed by atoms with E-state index in [2.05, 4.69) is 51.0 Å². The Bertz CT molecular complexity index is 1920. The van der Waals surface area contributed by atoms with Gasteiger partial charge in [0, 0.05) is 55.7 Å². The number of hydrogen-bond donors (Lipinski definition) is 0. The molecule has 0 spiro atoms. The van der Waals surface area contributed by atoms with Crippen molar-refractivity contribution in [2.24, 2.45) is 5.92 Å². The molecule has 2 atom stereocenters. The average molecular weight is 687 g/mol. The summed E-state index contributed by atoms with van der Waals surface area (Å²) in [6.07, 6.45) is 4.84. The van der Waals surface area contributed by atoms with Gasteiger partial charge in [0.05, 0.1) is 12.3 Å². The van der Waals surface area contributed by atoms with Crippen LogP contribution in [0.25, 0.3) is 5.69 Å². The van der Waals surface area contributed by atoms with E-state index in [0.29, 0.717) is 18.2 Å². The maximum atomic E-state index is 14.9. The number of halogens is 2. The number of aromatic nitrogens is 6. The van der Waals surface area contributed by atoms with Crippen molar-refractivity contribution in [2.75, 3.05) is 49.2 Å². The SMILES string of the molecule is CC(C)CCn1ncn(-c2ccc(N3CCN(c4ccc(OCC5COC(Cn6cncn6)(c6ccc(F)cc6F)O5)cc4)CC3)cc2)c1=O. The quantitative estimate of drug-likeness (QED) is 0.186. The van der Waals surface area contributed by atoms with E-state index >= 15 is 0 Å². The predicted octanol–water partition coefficient (Wildman–Crippen LogP) is 4.62. The maximum absolute atomic E-state index is 14.9. The normalized spacial score (nSPS) is 19.4. The molecular weight excluding hydrogens is 646 g/mol. The lowest BCUT2D eigenvalue weighted by Gasteiger charge is -2.37. The number of hydrogen-bond acceptors (Lipinski definition) is 9. The van der Waals surface area contributed by atoms with Gasteiger partial charge in [0.15, 0.2) is 0 Å². The molecule has 0 bridgehead atoms. The van der Waals surface area contributed by atoms with Crippen molar-refractivity contribution in [2.45, 2.75) is 45.2 Å². The minimum Gasteiger partial charge on any atom is -0.491 e. The van der Waals surface area contributed by atoms with Crippen LogP contribution in [0, 0.1) is 17.6 Å². The molecule has 7 rings (SSSR count). The zero-order valence-electron chi connectivity index (χ0n) is 28.1. The zero-order valence-corrected chi connectivity index (χ0v) is 28.1. The highest BCUT2D eigenvalue weighted by Gasteiger charge is 2.46. The fourth-order valence-corrected chi connectivity index (χ4v) is 6.32. The Kier molecular flexibility index (Phi) is 9.63. The van der Waals surface area contributed by atoms with Gasteiger partial charge in [-0.15, -0.1) is 0 Å². The zero-order chi connectivity index (χ0) is 34.7. The van der Waals surface area contributed by atoms with E-state index in [9.17, 15) is 13.6 Å². The van der Waals surface area contributed by atoms with Crippen molar-refractivity contribution < 1.29 is 23.0 Å². The van der Waals surface area contributed by atoms with Gasteiger partial charge in [-0.1, -0.05) is 13.8 Å². The third-order valence-electron chi connectivity index (χ3n) is 9.10. The first-order valence-electron chi connectivity index (χ1n) is 16.8. The highest BCUT2D eigenvalue weighted by atomic mass is 19.1. The molecule has 0 radical (unpaired) electrons. The summed E-state index contributed by atoms with van der Waals surface area (Å²) >= 11 is 0. The van der Waals surface area contributed by atoms with Crippen molar-refractivity contribution in [1.29, 1.82) is 0 Å². The first-order valence-corrected chi connectivity index (χ1v) is 16.8. The summed E-state index contributed by atoms with van der Waals surface area (Å²) in [5.41, 5.74) is 2.97. The third-order valence-corrected chi connectivity index (χ3v) is 9.10. The van der Waals surface area contributed by atoms with Crippen LogP contribution in [0.5, 0.6) is 5.75 Å². The molecule has 4 heterocycles. The van der Waals surface area contributed by atoms with Gasteiger partial charge in [-0.25, -0.2) is 32.5 Å². The fraction of sp³-hybridized carbons (Fsp3) is 0.389. The summed E-state index contributed by atoms with van der Waals surface area (Å²) < 4.78 is 51.5. The Balaban J connectivity index is 0.915. The molecule has 2 unspecified atom stereocenters. The van der Waals surface area contributed by atoms with Crippen LogP contribution in [0.2, 0.25) is 0 Å². The number of ether oxygens (including phenoxy) is 3. The second-order valence-electron chi connectivity index (χ2n) is 13.0. The molecule has 3 aromatic carbocycles. The number of piperazine rings is 1. The van der Waals surface area contributed by atoms with Crippen molar-refractivity contribution in [3.8, 4) is 11.4 Å². The molecule has 2 fully saturated rings. The lowest BCUT2D eigenvalue weighted by atomic mass is 10.0. The van der Waals surface area contributed by atoms with Crippen molar-refractivity contribution >= 4 is 11.4 Å². The molecular formula is C36H40F2N8O4. The summed E-state index contributed by atoms with van der Waals surface area (Å²) in [5.74, 6) is -1.79. The van der Waals surface area contributed by atoms with Crippen LogP contribution >= 0.6 is 0 Å². The minimum atomic E-state index is -1.51. The van der Waals surface area contributed by atoms with Crippen molar-refractivity contribution in [3.63, 3.8) is 0 Å². The van der Waals surface area contributed by atoms with E-state index in [4.69, 9.17) is 14.2 Å². The summed E-state index contributed by atoms with van der Waals surface area (Å²) in [7, 11) is 0. The van der Waals surface area contributed by atoms with Crippen LogP contribution < -0.4 is 20.2 Å². The predicted molar refractivity (Wildman–Crippen MR) is 183 cm³/mol. The fourth-order valence-electron chi connectivity index (χ4n) is 6.32. The van der Waals surface area contributed by atoms with Gasteiger partial charge in [-0.05, 0) is 73.0 Å². The Morgan fingerprint density at radius 3 is 2.22 bits per heavy atom. The van der Waals surface area contributed by atoms with Gasteiger partial charge >= 0.3 is 5.69 Å². The van der Waals surface area contributed by atoms with Gasteiger partial charge < -0.3 is 24.0 Å². The highest BCUT2D eigenvalue weighted by Crippen LogP contribution is 2.38. The topological polar surface area (TPSA) is 105 Å².